The Kier molecular flexibility index (Phi) is 5.38. The highest BCUT2D eigenvalue weighted by Crippen LogP contribution is 2.17. The molecule has 2 rings (SSSR count). The van der Waals surface area contributed by atoms with Crippen LogP contribution in [-0.2, 0) is 0 Å². The predicted molar refractivity (Wildman–Crippen MR) is 92.4 cm³/mol. The van der Waals surface area contributed by atoms with Gasteiger partial charge in [0.25, 0.3) is 0 Å². The first-order valence-electron chi connectivity index (χ1n) is 7.43. The van der Waals surface area contributed by atoms with Gasteiger partial charge in [-0.25, -0.2) is 0 Å². The predicted octanol–water partition coefficient (Wildman–Crippen LogP) is 4.29. The molecule has 3 nitrogen and oxygen atoms in total. The Hall–Kier alpha value is -2.29. The fraction of sp³-hybridized carbons (Fsp3) is 0.278. The number of hydrogen-bond donors (Lipinski definition) is 1. The summed E-state index contributed by atoms with van der Waals surface area (Å²) in [5, 5.41) is 4.27. The first-order valence-corrected chi connectivity index (χ1v) is 7.43. The van der Waals surface area contributed by atoms with E-state index in [4.69, 9.17) is 0 Å². The molecule has 0 amide bonds. The highest BCUT2D eigenvalue weighted by atomic mass is 15.3. The van der Waals surface area contributed by atoms with Crippen molar-refractivity contribution in [2.45, 2.75) is 20.8 Å². The van der Waals surface area contributed by atoms with Crippen LogP contribution >= 0.6 is 0 Å². The zero-order valence-electron chi connectivity index (χ0n) is 13.0. The minimum Gasteiger partial charge on any atom is -0.372 e. The van der Waals surface area contributed by atoms with E-state index in [1.807, 2.05) is 6.21 Å². The fourth-order valence-electron chi connectivity index (χ4n) is 2.17. The number of anilines is 2. The van der Waals surface area contributed by atoms with Gasteiger partial charge in [-0.15, -0.1) is 0 Å². The summed E-state index contributed by atoms with van der Waals surface area (Å²) in [6.45, 7) is 8.46. The molecule has 110 valence electrons. The third-order valence-electron chi connectivity index (χ3n) is 3.48. The van der Waals surface area contributed by atoms with Crippen LogP contribution in [0.15, 0.2) is 53.6 Å². The second-order valence-electron chi connectivity index (χ2n) is 5.00. The van der Waals surface area contributed by atoms with Crippen molar-refractivity contribution in [1.29, 1.82) is 0 Å². The Balaban J connectivity index is 1.95. The molecule has 0 atom stereocenters. The van der Waals surface area contributed by atoms with E-state index in [-0.39, 0.29) is 0 Å². The molecule has 21 heavy (non-hydrogen) atoms. The third-order valence-corrected chi connectivity index (χ3v) is 3.48. The maximum atomic E-state index is 4.27. The van der Waals surface area contributed by atoms with Gasteiger partial charge in [-0.2, -0.15) is 5.10 Å². The van der Waals surface area contributed by atoms with Gasteiger partial charge in [0.15, 0.2) is 0 Å². The lowest BCUT2D eigenvalue weighted by molar-refractivity contribution is 0.866. The summed E-state index contributed by atoms with van der Waals surface area (Å²) >= 11 is 0. The molecule has 1 N–H and O–H groups in total. The van der Waals surface area contributed by atoms with E-state index < -0.39 is 0 Å². The second-order valence-corrected chi connectivity index (χ2v) is 5.00. The van der Waals surface area contributed by atoms with Gasteiger partial charge < -0.3 is 4.90 Å². The molecule has 0 aromatic heterocycles. The molecule has 2 aromatic rings. The van der Waals surface area contributed by atoms with E-state index in [9.17, 15) is 0 Å². The van der Waals surface area contributed by atoms with Gasteiger partial charge in [0.2, 0.25) is 0 Å². The van der Waals surface area contributed by atoms with Crippen molar-refractivity contribution in [3.8, 4) is 0 Å². The summed E-state index contributed by atoms with van der Waals surface area (Å²) in [5.74, 6) is 0. The van der Waals surface area contributed by atoms with Crippen molar-refractivity contribution < 1.29 is 0 Å². The SMILES string of the molecule is CCN(CC)c1ccc(N/N=C/c2ccc(C)cc2)cc1. The third kappa shape index (κ3) is 4.35. The average molecular weight is 281 g/mol. The van der Waals surface area contributed by atoms with Crippen LogP contribution < -0.4 is 10.3 Å². The van der Waals surface area contributed by atoms with Crippen LogP contribution in [0.5, 0.6) is 0 Å². The first kappa shape index (κ1) is 15.1. The molecule has 0 aliphatic rings. The van der Waals surface area contributed by atoms with Crippen LogP contribution in [0.1, 0.15) is 25.0 Å². The lowest BCUT2D eigenvalue weighted by Gasteiger charge is -2.20. The Bertz CT molecular complexity index is 566. The van der Waals surface area contributed by atoms with E-state index in [1.165, 1.54) is 11.3 Å². The highest BCUT2D eigenvalue weighted by molar-refractivity contribution is 5.80. The van der Waals surface area contributed by atoms with Crippen LogP contribution in [0.3, 0.4) is 0 Å². The van der Waals surface area contributed by atoms with Crippen molar-refractivity contribution in [3.63, 3.8) is 0 Å². The van der Waals surface area contributed by atoms with Gasteiger partial charge in [-0.3, -0.25) is 5.43 Å². The Morgan fingerprint density at radius 1 is 0.952 bits per heavy atom. The summed E-state index contributed by atoms with van der Waals surface area (Å²) in [4.78, 5) is 2.32. The Labute approximate surface area is 127 Å². The van der Waals surface area contributed by atoms with Crippen LogP contribution in [0.25, 0.3) is 0 Å². The standard InChI is InChI=1S/C18H23N3/c1-4-21(5-2)18-12-10-17(11-13-18)20-19-14-16-8-6-15(3)7-9-16/h6-14,20H,4-5H2,1-3H3/b19-14+. The maximum absolute atomic E-state index is 4.27. The number of nitrogens with one attached hydrogen (secondary N) is 1. The van der Waals surface area contributed by atoms with Crippen LogP contribution in [-0.4, -0.2) is 19.3 Å². The summed E-state index contributed by atoms with van der Waals surface area (Å²) in [7, 11) is 0. The molecule has 0 fully saturated rings. The number of benzene rings is 2. The molecule has 0 aliphatic heterocycles. The molecule has 0 saturated heterocycles. The highest BCUT2D eigenvalue weighted by Gasteiger charge is 2.00. The van der Waals surface area contributed by atoms with Gasteiger partial charge in [-0.1, -0.05) is 29.8 Å². The second kappa shape index (κ2) is 7.48. The van der Waals surface area contributed by atoms with Crippen LogP contribution in [0.4, 0.5) is 11.4 Å². The van der Waals surface area contributed by atoms with E-state index >= 15 is 0 Å². The normalized spacial score (nSPS) is 10.8. The maximum Gasteiger partial charge on any atom is 0.0563 e. The van der Waals surface area contributed by atoms with Crippen molar-refractivity contribution in [2.75, 3.05) is 23.4 Å². The molecule has 2 aromatic carbocycles. The molecular formula is C18H23N3. The summed E-state index contributed by atoms with van der Waals surface area (Å²) in [5.41, 5.74) is 7.65. The minimum absolute atomic E-state index is 0.995. The first-order chi connectivity index (χ1) is 10.2. The lowest BCUT2D eigenvalue weighted by Crippen LogP contribution is -2.21. The van der Waals surface area contributed by atoms with E-state index in [0.29, 0.717) is 0 Å². The molecule has 3 heteroatoms. The van der Waals surface area contributed by atoms with Gasteiger partial charge in [0.05, 0.1) is 11.9 Å². The van der Waals surface area contributed by atoms with Crippen LogP contribution in [0.2, 0.25) is 0 Å². The van der Waals surface area contributed by atoms with Gasteiger partial charge >= 0.3 is 0 Å². The fourth-order valence-corrected chi connectivity index (χ4v) is 2.17. The summed E-state index contributed by atoms with van der Waals surface area (Å²) in [6, 6.07) is 16.6. The molecule has 0 spiro atoms. The van der Waals surface area contributed by atoms with Gasteiger partial charge in [0, 0.05) is 18.8 Å². The summed E-state index contributed by atoms with van der Waals surface area (Å²) < 4.78 is 0. The van der Waals surface area contributed by atoms with E-state index in [2.05, 4.69) is 84.7 Å². The molecule has 0 saturated carbocycles. The van der Waals surface area contributed by atoms with Crippen molar-refractivity contribution in [3.05, 3.63) is 59.7 Å². The number of hydrazone groups is 1. The van der Waals surface area contributed by atoms with Crippen molar-refractivity contribution >= 4 is 17.6 Å². The minimum atomic E-state index is 0.995. The zero-order valence-corrected chi connectivity index (χ0v) is 13.0. The Morgan fingerprint density at radius 3 is 2.14 bits per heavy atom. The Morgan fingerprint density at radius 2 is 1.57 bits per heavy atom. The van der Waals surface area contributed by atoms with Crippen molar-refractivity contribution in [2.24, 2.45) is 5.10 Å². The molecule has 0 bridgehead atoms. The smallest absolute Gasteiger partial charge is 0.0563 e. The lowest BCUT2D eigenvalue weighted by atomic mass is 10.2. The number of nitrogens with zero attached hydrogens (tertiary/aromatic N) is 2. The topological polar surface area (TPSA) is 27.6 Å². The van der Waals surface area contributed by atoms with E-state index in [1.54, 1.807) is 0 Å². The van der Waals surface area contributed by atoms with E-state index in [0.717, 1.165) is 24.3 Å². The van der Waals surface area contributed by atoms with Crippen LogP contribution in [0, 0.1) is 6.92 Å². The number of rotatable bonds is 6. The van der Waals surface area contributed by atoms with Gasteiger partial charge in [0.1, 0.15) is 0 Å². The molecule has 0 radical (unpaired) electrons. The monoisotopic (exact) mass is 281 g/mol. The molecule has 0 unspecified atom stereocenters. The number of hydrogen-bond acceptors (Lipinski definition) is 3. The van der Waals surface area contributed by atoms with Gasteiger partial charge in [-0.05, 0) is 50.6 Å². The summed E-state index contributed by atoms with van der Waals surface area (Å²) in [6.07, 6.45) is 1.83. The number of aryl methyl sites for hydroxylation is 1. The average Bonchev–Trinajstić information content (AvgIpc) is 2.52. The van der Waals surface area contributed by atoms with Crippen molar-refractivity contribution in [1.82, 2.24) is 0 Å². The zero-order chi connectivity index (χ0) is 15.1. The molecular weight excluding hydrogens is 258 g/mol. The largest absolute Gasteiger partial charge is 0.372 e. The molecule has 0 aliphatic carbocycles. The quantitative estimate of drug-likeness (QED) is 0.632. The molecule has 0 heterocycles.